The number of pyridine rings is 1. The summed E-state index contributed by atoms with van der Waals surface area (Å²) in [6.45, 7) is 0. The lowest BCUT2D eigenvalue weighted by atomic mass is 10.2. The van der Waals surface area contributed by atoms with Crippen LogP contribution in [0.1, 0.15) is 23.2 Å². The predicted molar refractivity (Wildman–Crippen MR) is 110 cm³/mol. The molecule has 11 heteroatoms. The number of anilines is 1. The van der Waals surface area contributed by atoms with Crippen molar-refractivity contribution >= 4 is 32.7 Å². The van der Waals surface area contributed by atoms with Crippen LogP contribution >= 0.6 is 0 Å². The van der Waals surface area contributed by atoms with Crippen molar-refractivity contribution in [1.29, 1.82) is 0 Å². The van der Waals surface area contributed by atoms with E-state index < -0.39 is 27.2 Å². The van der Waals surface area contributed by atoms with Crippen molar-refractivity contribution in [3.05, 3.63) is 62.9 Å². The molecule has 2 N–H and O–H groups in total. The molecule has 4 rings (SSSR count). The van der Waals surface area contributed by atoms with Crippen LogP contribution in [0.4, 0.5) is 5.69 Å². The van der Waals surface area contributed by atoms with Gasteiger partial charge in [-0.3, -0.25) is 18.7 Å². The van der Waals surface area contributed by atoms with Crippen LogP contribution in [0.15, 0.2) is 51.0 Å². The lowest BCUT2D eigenvalue weighted by Crippen LogP contribution is -2.37. The summed E-state index contributed by atoms with van der Waals surface area (Å²) in [5, 5.41) is 2.78. The molecule has 0 bridgehead atoms. The van der Waals surface area contributed by atoms with E-state index >= 15 is 0 Å². The van der Waals surface area contributed by atoms with Gasteiger partial charge in [0.25, 0.3) is 11.5 Å². The van der Waals surface area contributed by atoms with Gasteiger partial charge in [0.15, 0.2) is 0 Å². The molecule has 1 aliphatic carbocycles. The molecule has 1 aromatic carbocycles. The highest BCUT2D eigenvalue weighted by Gasteiger charge is 2.28. The van der Waals surface area contributed by atoms with Gasteiger partial charge in [-0.05, 0) is 37.1 Å². The van der Waals surface area contributed by atoms with Crippen LogP contribution < -0.4 is 21.3 Å². The molecular formula is C19H19N5O5S. The summed E-state index contributed by atoms with van der Waals surface area (Å²) in [4.78, 5) is 41.1. The quantitative estimate of drug-likeness (QED) is 0.601. The van der Waals surface area contributed by atoms with Gasteiger partial charge in [0, 0.05) is 25.7 Å². The van der Waals surface area contributed by atoms with E-state index in [2.05, 4.69) is 15.0 Å². The second-order valence-electron chi connectivity index (χ2n) is 7.18. The van der Waals surface area contributed by atoms with Gasteiger partial charge in [0.1, 0.15) is 5.65 Å². The highest BCUT2D eigenvalue weighted by atomic mass is 32.2. The molecule has 30 heavy (non-hydrogen) atoms. The molecule has 10 nitrogen and oxygen atoms in total. The van der Waals surface area contributed by atoms with E-state index in [4.69, 9.17) is 0 Å². The van der Waals surface area contributed by atoms with Crippen LogP contribution in [-0.4, -0.2) is 34.5 Å². The summed E-state index contributed by atoms with van der Waals surface area (Å²) in [7, 11) is -0.838. The number of sulfonamides is 1. The maximum atomic E-state index is 12.6. The van der Waals surface area contributed by atoms with Crippen LogP contribution in [0, 0.1) is 0 Å². The topological polar surface area (TPSA) is 132 Å². The van der Waals surface area contributed by atoms with E-state index in [1.54, 1.807) is 0 Å². The van der Waals surface area contributed by atoms with Crippen LogP contribution in [0.25, 0.3) is 11.0 Å². The summed E-state index contributed by atoms with van der Waals surface area (Å²) in [5.41, 5.74) is -0.458. The Morgan fingerprint density at radius 3 is 2.57 bits per heavy atom. The maximum Gasteiger partial charge on any atom is 0.332 e. The lowest BCUT2D eigenvalue weighted by Gasteiger charge is -2.10. The van der Waals surface area contributed by atoms with Gasteiger partial charge in [-0.15, -0.1) is 0 Å². The van der Waals surface area contributed by atoms with Crippen molar-refractivity contribution < 1.29 is 13.2 Å². The van der Waals surface area contributed by atoms with E-state index in [1.165, 1.54) is 55.2 Å². The third-order valence-corrected chi connectivity index (χ3v) is 6.38. The van der Waals surface area contributed by atoms with E-state index in [0.717, 1.165) is 17.4 Å². The smallest absolute Gasteiger partial charge is 0.321 e. The highest BCUT2D eigenvalue weighted by Crippen LogP contribution is 2.22. The van der Waals surface area contributed by atoms with E-state index in [0.29, 0.717) is 0 Å². The summed E-state index contributed by atoms with van der Waals surface area (Å²) in [5.74, 6) is -0.554. The van der Waals surface area contributed by atoms with Crippen LogP contribution in [0.5, 0.6) is 0 Å². The van der Waals surface area contributed by atoms with Gasteiger partial charge in [0.05, 0.1) is 22.2 Å². The number of rotatable bonds is 5. The monoisotopic (exact) mass is 429 g/mol. The molecule has 156 valence electrons. The van der Waals surface area contributed by atoms with Crippen molar-refractivity contribution in [3.8, 4) is 0 Å². The van der Waals surface area contributed by atoms with Crippen LogP contribution in [0.3, 0.4) is 0 Å². The molecule has 2 aromatic heterocycles. The summed E-state index contributed by atoms with van der Waals surface area (Å²) in [6, 6.07) is 7.07. The number of nitrogens with one attached hydrogen (secondary N) is 2. The molecule has 0 spiro atoms. The molecule has 2 heterocycles. The number of aromatic nitrogens is 3. The minimum Gasteiger partial charge on any atom is -0.321 e. The molecular weight excluding hydrogens is 410 g/mol. The van der Waals surface area contributed by atoms with Crippen molar-refractivity contribution in [3.63, 3.8) is 0 Å². The maximum absolute atomic E-state index is 12.6. The molecule has 0 unspecified atom stereocenters. The molecule has 0 atom stereocenters. The second-order valence-corrected chi connectivity index (χ2v) is 8.89. The van der Waals surface area contributed by atoms with Crippen LogP contribution in [0.2, 0.25) is 0 Å². The Morgan fingerprint density at radius 1 is 1.13 bits per heavy atom. The van der Waals surface area contributed by atoms with E-state index in [9.17, 15) is 22.8 Å². The van der Waals surface area contributed by atoms with Crippen molar-refractivity contribution in [2.45, 2.75) is 23.8 Å². The lowest BCUT2D eigenvalue weighted by molar-refractivity contribution is 0.102. The van der Waals surface area contributed by atoms with Gasteiger partial charge < -0.3 is 5.32 Å². The molecule has 0 aliphatic heterocycles. The SMILES string of the molecule is Cn1c(=O)c2cc(NC(=O)c3cccc(S(=O)(=O)NC4CC4)c3)cnc2n(C)c1=O. The number of carbonyl (C=O) groups is 1. The van der Waals surface area contributed by atoms with Gasteiger partial charge >= 0.3 is 5.69 Å². The van der Waals surface area contributed by atoms with Crippen LogP contribution in [-0.2, 0) is 24.1 Å². The first-order chi connectivity index (χ1) is 14.2. The Hall–Kier alpha value is -3.31. The zero-order valence-corrected chi connectivity index (χ0v) is 17.1. The Bertz CT molecular complexity index is 1400. The fourth-order valence-electron chi connectivity index (χ4n) is 3.03. The molecule has 1 amide bonds. The molecule has 1 saturated carbocycles. The largest absolute Gasteiger partial charge is 0.332 e. The Labute approximate surface area is 171 Å². The number of hydrogen-bond acceptors (Lipinski definition) is 6. The standard InChI is InChI=1S/C19H19N5O5S/c1-23-16-15(18(26)24(2)19(23)27)9-13(10-20-16)21-17(25)11-4-3-5-14(8-11)30(28,29)22-12-6-7-12/h3-5,8-10,12,22H,6-7H2,1-2H3,(H,21,25). The first kappa shape index (κ1) is 20.0. The summed E-state index contributed by atoms with van der Waals surface area (Å²) < 4.78 is 29.5. The molecule has 1 fully saturated rings. The van der Waals surface area contributed by atoms with Crippen molar-refractivity contribution in [1.82, 2.24) is 18.8 Å². The average molecular weight is 429 g/mol. The molecule has 1 aliphatic rings. The number of carbonyl (C=O) groups excluding carboxylic acids is 1. The van der Waals surface area contributed by atoms with Gasteiger partial charge in [-0.1, -0.05) is 6.07 Å². The number of amides is 1. The fraction of sp³-hybridized carbons (Fsp3) is 0.263. The summed E-state index contributed by atoms with van der Waals surface area (Å²) >= 11 is 0. The zero-order chi connectivity index (χ0) is 21.6. The molecule has 0 radical (unpaired) electrons. The first-order valence-corrected chi connectivity index (χ1v) is 10.7. The second kappa shape index (κ2) is 7.18. The van der Waals surface area contributed by atoms with Crippen molar-refractivity contribution in [2.75, 3.05) is 5.32 Å². The van der Waals surface area contributed by atoms with E-state index in [1.807, 2.05) is 0 Å². The molecule has 0 saturated heterocycles. The van der Waals surface area contributed by atoms with Gasteiger partial charge in [-0.25, -0.2) is 22.9 Å². The highest BCUT2D eigenvalue weighted by molar-refractivity contribution is 7.89. The Balaban J connectivity index is 1.64. The normalized spacial score (nSPS) is 14.1. The number of benzene rings is 1. The summed E-state index contributed by atoms with van der Waals surface area (Å²) in [6.07, 6.45) is 2.94. The third kappa shape index (κ3) is 3.64. The Morgan fingerprint density at radius 2 is 1.87 bits per heavy atom. The minimum absolute atomic E-state index is 0.00237. The average Bonchev–Trinajstić information content (AvgIpc) is 3.54. The predicted octanol–water partition coefficient (Wildman–Crippen LogP) is 0.325. The first-order valence-electron chi connectivity index (χ1n) is 9.17. The third-order valence-electron chi connectivity index (χ3n) is 4.86. The Kier molecular flexibility index (Phi) is 4.79. The zero-order valence-electron chi connectivity index (χ0n) is 16.2. The molecule has 3 aromatic rings. The number of fused-ring (bicyclic) bond motifs is 1. The number of nitrogens with zero attached hydrogens (tertiary/aromatic N) is 3. The van der Waals surface area contributed by atoms with Crippen molar-refractivity contribution in [2.24, 2.45) is 14.1 Å². The van der Waals surface area contributed by atoms with Gasteiger partial charge in [0.2, 0.25) is 10.0 Å². The minimum atomic E-state index is -3.69. The van der Waals surface area contributed by atoms with Gasteiger partial charge in [-0.2, -0.15) is 0 Å². The number of aryl methyl sites for hydroxylation is 1. The number of hydrogen-bond donors (Lipinski definition) is 2. The fourth-order valence-corrected chi connectivity index (χ4v) is 4.38. The van der Waals surface area contributed by atoms with E-state index in [-0.39, 0.29) is 33.2 Å².